The molecule has 0 saturated heterocycles. The topological polar surface area (TPSA) is 137 Å². The highest BCUT2D eigenvalue weighted by Crippen LogP contribution is 2.23. The van der Waals surface area contributed by atoms with Crippen LogP contribution in [0.3, 0.4) is 0 Å². The lowest BCUT2D eigenvalue weighted by atomic mass is 10.3. The van der Waals surface area contributed by atoms with Gasteiger partial charge in [-0.15, -0.1) is 0 Å². The molecule has 0 spiro atoms. The maximum atomic E-state index is 10.7. The Morgan fingerprint density at radius 1 is 1.40 bits per heavy atom. The van der Waals surface area contributed by atoms with Crippen LogP contribution in [0.5, 0.6) is 5.75 Å². The van der Waals surface area contributed by atoms with Crippen LogP contribution in [0.15, 0.2) is 23.1 Å². The van der Waals surface area contributed by atoms with Crippen LogP contribution in [0.25, 0.3) is 0 Å². The molecular weight excluding hydrogens is 222 g/mol. The van der Waals surface area contributed by atoms with Crippen LogP contribution in [0.4, 0.5) is 5.69 Å². The van der Waals surface area contributed by atoms with Gasteiger partial charge in [0.2, 0.25) is 0 Å². The van der Waals surface area contributed by atoms with Crippen molar-refractivity contribution in [2.75, 3.05) is 12.8 Å². The Morgan fingerprint density at radius 2 is 1.93 bits per heavy atom. The lowest BCUT2D eigenvalue weighted by Gasteiger charge is -2.04. The smallest absolute Gasteiger partial charge is 0.296 e. The molecule has 0 aliphatic carbocycles. The van der Waals surface area contributed by atoms with E-state index in [4.69, 9.17) is 25.8 Å². The molecule has 1 rings (SSSR count). The van der Waals surface area contributed by atoms with Crippen molar-refractivity contribution < 1.29 is 17.7 Å². The molecule has 8 heteroatoms. The summed E-state index contributed by atoms with van der Waals surface area (Å²) in [5.41, 5.74) is 5.32. The van der Waals surface area contributed by atoms with Crippen LogP contribution in [0, 0.1) is 10.8 Å². The van der Waals surface area contributed by atoms with Gasteiger partial charge in [0, 0.05) is 16.9 Å². The number of methoxy groups -OCH3 is 1. The van der Waals surface area contributed by atoms with E-state index >= 15 is 0 Å². The van der Waals surface area contributed by atoms with Gasteiger partial charge in [-0.05, 0) is 12.1 Å². The zero-order valence-electron chi connectivity index (χ0n) is 7.78. The summed E-state index contributed by atoms with van der Waals surface area (Å²) in [7, 11) is -2.88. The third-order valence-electron chi connectivity index (χ3n) is 1.50. The Hall–Kier alpha value is -1.85. The van der Waals surface area contributed by atoms with Crippen LogP contribution in [0.1, 0.15) is 0 Å². The predicted molar refractivity (Wildman–Crippen MR) is 50.7 cm³/mol. The average Bonchev–Trinajstić information content (AvgIpc) is 2.20. The molecule has 0 unspecified atom stereocenters. The van der Waals surface area contributed by atoms with Crippen molar-refractivity contribution in [1.82, 2.24) is 0 Å². The summed E-state index contributed by atoms with van der Waals surface area (Å²) in [6, 6.07) is 4.01. The van der Waals surface area contributed by atoms with Crippen LogP contribution < -0.4 is 10.5 Å². The van der Waals surface area contributed by atoms with Gasteiger partial charge in [-0.1, -0.05) is 0 Å². The second-order valence-electron chi connectivity index (χ2n) is 2.38. The molecule has 0 amide bonds. The molecule has 82 valence electrons. The fourth-order valence-corrected chi connectivity index (χ4v) is 1.50. The lowest BCUT2D eigenvalue weighted by molar-refractivity contribution is 0.412. The third-order valence-corrected chi connectivity index (χ3v) is 2.41. The van der Waals surface area contributed by atoms with E-state index in [-0.39, 0.29) is 10.6 Å². The zero-order valence-corrected chi connectivity index (χ0v) is 8.60. The van der Waals surface area contributed by atoms with Gasteiger partial charge in [0.05, 0.1) is 12.8 Å². The minimum atomic E-state index is -4.27. The molecule has 0 fully saturated rings. The second kappa shape index (κ2) is 5.14. The number of rotatable bonds is 2. The maximum Gasteiger partial charge on any atom is 0.296 e. The highest BCUT2D eigenvalue weighted by atomic mass is 32.2. The number of benzene rings is 1. The van der Waals surface area contributed by atoms with Crippen molar-refractivity contribution in [3.8, 4) is 5.75 Å². The standard InChI is InChI=1S/C7H9NO4S.N2/c1-12-5-2-3-6(8)7(4-5)13(9,10)11;1-2/h2-4H,8H2,1H3,(H,9,10,11);. The van der Waals surface area contributed by atoms with Gasteiger partial charge in [-0.25, -0.2) is 0 Å². The zero-order chi connectivity index (χ0) is 12.1. The van der Waals surface area contributed by atoms with Crippen molar-refractivity contribution >= 4 is 15.8 Å². The number of hydrogen-bond donors (Lipinski definition) is 2. The monoisotopic (exact) mass is 231 g/mol. The van der Waals surface area contributed by atoms with E-state index < -0.39 is 10.1 Å². The fraction of sp³-hybridized carbons (Fsp3) is 0.143. The summed E-state index contributed by atoms with van der Waals surface area (Å²) in [5, 5.41) is 12.0. The fourth-order valence-electron chi connectivity index (χ4n) is 0.865. The Bertz CT molecular complexity index is 455. The molecular formula is C7H9N3O4S. The van der Waals surface area contributed by atoms with Gasteiger partial charge in [0.25, 0.3) is 10.1 Å². The van der Waals surface area contributed by atoms with E-state index in [0.717, 1.165) is 6.07 Å². The van der Waals surface area contributed by atoms with E-state index in [1.807, 2.05) is 0 Å². The molecule has 0 radical (unpaired) electrons. The van der Waals surface area contributed by atoms with Gasteiger partial charge in [0.1, 0.15) is 10.6 Å². The van der Waals surface area contributed by atoms with Crippen molar-refractivity contribution in [2.24, 2.45) is 0 Å². The number of nitrogen functional groups attached to an aromatic ring is 1. The first-order valence-electron chi connectivity index (χ1n) is 3.56. The van der Waals surface area contributed by atoms with Gasteiger partial charge in [-0.2, -0.15) is 8.42 Å². The van der Waals surface area contributed by atoms with Gasteiger partial charge in [0.15, 0.2) is 0 Å². The van der Waals surface area contributed by atoms with E-state index in [9.17, 15) is 8.42 Å². The van der Waals surface area contributed by atoms with Crippen molar-refractivity contribution in [1.29, 1.82) is 10.8 Å². The summed E-state index contributed by atoms with van der Waals surface area (Å²) in [5.74, 6) is 0.321. The van der Waals surface area contributed by atoms with Crippen molar-refractivity contribution in [3.63, 3.8) is 0 Å². The number of nitrogens with two attached hydrogens (primary N) is 1. The molecule has 0 aliphatic heterocycles. The van der Waals surface area contributed by atoms with Crippen molar-refractivity contribution in [2.45, 2.75) is 4.90 Å². The number of hydrogen-bond acceptors (Lipinski definition) is 6. The summed E-state index contributed by atoms with van der Waals surface area (Å²) >= 11 is 0. The molecule has 0 aliphatic rings. The molecule has 7 nitrogen and oxygen atoms in total. The highest BCUT2D eigenvalue weighted by molar-refractivity contribution is 7.86. The molecule has 0 saturated carbocycles. The maximum absolute atomic E-state index is 10.7. The average molecular weight is 231 g/mol. The molecule has 0 aromatic heterocycles. The summed E-state index contributed by atoms with van der Waals surface area (Å²) in [6.45, 7) is 0. The largest absolute Gasteiger partial charge is 0.497 e. The first-order valence-corrected chi connectivity index (χ1v) is 5.00. The molecule has 1 aromatic carbocycles. The number of nitrogens with zero attached hydrogens (tertiary/aromatic N) is 2. The molecule has 0 bridgehead atoms. The summed E-state index contributed by atoms with van der Waals surface area (Å²) in [6.07, 6.45) is 0. The third kappa shape index (κ3) is 3.41. The van der Waals surface area contributed by atoms with E-state index in [2.05, 4.69) is 0 Å². The normalized spacial score (nSPS) is 9.87. The minimum absolute atomic E-state index is 0.0108. The van der Waals surface area contributed by atoms with Crippen LogP contribution in [0.2, 0.25) is 0 Å². The quantitative estimate of drug-likeness (QED) is 0.430. The predicted octanol–water partition coefficient (Wildman–Crippen LogP) is 0.554. The van der Waals surface area contributed by atoms with E-state index in [1.165, 1.54) is 19.2 Å². The Morgan fingerprint density at radius 3 is 2.33 bits per heavy atom. The van der Waals surface area contributed by atoms with E-state index in [0.29, 0.717) is 5.75 Å². The Labute approximate surface area is 86.6 Å². The number of ether oxygens (including phenoxy) is 1. The molecule has 0 heterocycles. The minimum Gasteiger partial charge on any atom is -0.497 e. The van der Waals surface area contributed by atoms with Crippen LogP contribution >= 0.6 is 0 Å². The molecule has 3 N–H and O–H groups in total. The summed E-state index contributed by atoms with van der Waals surface area (Å²) < 4.78 is 35.0. The summed E-state index contributed by atoms with van der Waals surface area (Å²) in [4.78, 5) is -0.341. The van der Waals surface area contributed by atoms with Crippen LogP contribution in [-0.4, -0.2) is 20.1 Å². The van der Waals surface area contributed by atoms with Gasteiger partial charge in [-0.3, -0.25) is 4.55 Å². The first-order chi connectivity index (χ1) is 6.95. The SMILES string of the molecule is COc1ccc(N)c(S(=O)(=O)O)c1.N#N. The molecule has 1 aromatic rings. The van der Waals surface area contributed by atoms with Crippen LogP contribution in [-0.2, 0) is 10.1 Å². The lowest BCUT2D eigenvalue weighted by Crippen LogP contribution is -2.03. The Kier molecular flexibility index (Phi) is 4.50. The van der Waals surface area contributed by atoms with E-state index in [1.54, 1.807) is 0 Å². The van der Waals surface area contributed by atoms with Gasteiger partial charge < -0.3 is 10.5 Å². The molecule has 0 atom stereocenters. The number of anilines is 1. The Balaban J connectivity index is 0.000000921. The molecule has 15 heavy (non-hydrogen) atoms. The van der Waals surface area contributed by atoms with Crippen molar-refractivity contribution in [3.05, 3.63) is 18.2 Å². The first kappa shape index (κ1) is 13.1. The second-order valence-corrected chi connectivity index (χ2v) is 3.77. The highest BCUT2D eigenvalue weighted by Gasteiger charge is 2.14. The van der Waals surface area contributed by atoms with Gasteiger partial charge >= 0.3 is 0 Å².